The van der Waals surface area contributed by atoms with Crippen LogP contribution in [0, 0.1) is 0 Å². The number of carbonyl (C=O) groups excluding carboxylic acids is 2. The highest BCUT2D eigenvalue weighted by Crippen LogP contribution is 2.43. The minimum atomic E-state index is -4.39. The Kier molecular flexibility index (Phi) is 72.3. The second-order valence-corrected chi connectivity index (χ2v) is 27.7. The Morgan fingerprint density at radius 3 is 0.932 bits per heavy atom. The van der Waals surface area contributed by atoms with Crippen LogP contribution in [0.3, 0.4) is 0 Å². The third kappa shape index (κ3) is 73.0. The molecule has 0 aromatic carbocycles. The van der Waals surface area contributed by atoms with Crippen LogP contribution in [0.15, 0.2) is 48.6 Å². The molecule has 0 saturated heterocycles. The molecule has 88 heavy (non-hydrogen) atoms. The molecule has 0 aliphatic heterocycles. The Balaban J connectivity index is 3.76. The molecule has 0 aliphatic rings. The number of phosphoric acid groups is 1. The number of rotatable bonds is 74. The molecule has 0 spiro atoms. The lowest BCUT2D eigenvalue weighted by Crippen LogP contribution is -2.29. The largest absolute Gasteiger partial charge is 0.472 e. The molecule has 0 amide bonds. The van der Waals surface area contributed by atoms with Crippen LogP contribution < -0.4 is 5.73 Å². The molecular weight excluding hydrogens is 1110 g/mol. The lowest BCUT2D eigenvalue weighted by molar-refractivity contribution is -0.161. The van der Waals surface area contributed by atoms with E-state index >= 15 is 0 Å². The van der Waals surface area contributed by atoms with Gasteiger partial charge in [-0.05, 0) is 51.4 Å². The van der Waals surface area contributed by atoms with Gasteiger partial charge in [-0.15, -0.1) is 0 Å². The smallest absolute Gasteiger partial charge is 0.462 e. The number of allylic oxidation sites excluding steroid dienone is 8. The first-order valence-corrected chi connectivity index (χ1v) is 40.1. The van der Waals surface area contributed by atoms with E-state index in [0.717, 1.165) is 57.8 Å². The van der Waals surface area contributed by atoms with Gasteiger partial charge in [0, 0.05) is 19.4 Å². The normalized spacial score (nSPS) is 13.1. The Hall–Kier alpha value is -2.03. The second-order valence-electron chi connectivity index (χ2n) is 26.2. The zero-order chi connectivity index (χ0) is 63.7. The van der Waals surface area contributed by atoms with Crippen LogP contribution in [0.1, 0.15) is 406 Å². The van der Waals surface area contributed by atoms with Crippen LogP contribution in [0.2, 0.25) is 0 Å². The van der Waals surface area contributed by atoms with Crippen molar-refractivity contribution >= 4 is 19.8 Å². The van der Waals surface area contributed by atoms with Crippen LogP contribution in [0.4, 0.5) is 0 Å². The van der Waals surface area contributed by atoms with Crippen LogP contribution in [-0.2, 0) is 32.7 Å². The molecule has 0 saturated carbocycles. The molecule has 0 rings (SSSR count). The van der Waals surface area contributed by atoms with Gasteiger partial charge in [-0.1, -0.05) is 390 Å². The first-order valence-electron chi connectivity index (χ1n) is 38.6. The van der Waals surface area contributed by atoms with E-state index in [1.165, 1.54) is 315 Å². The lowest BCUT2D eigenvalue weighted by Gasteiger charge is -2.19. The van der Waals surface area contributed by atoms with Crippen molar-refractivity contribution in [3.8, 4) is 0 Å². The van der Waals surface area contributed by atoms with Crippen molar-refractivity contribution in [3.63, 3.8) is 0 Å². The number of ether oxygens (including phenoxy) is 2. The fourth-order valence-corrected chi connectivity index (χ4v) is 12.6. The third-order valence-electron chi connectivity index (χ3n) is 17.5. The van der Waals surface area contributed by atoms with Crippen molar-refractivity contribution in [1.29, 1.82) is 0 Å². The van der Waals surface area contributed by atoms with E-state index in [1.54, 1.807) is 0 Å². The van der Waals surface area contributed by atoms with Gasteiger partial charge in [0.15, 0.2) is 6.10 Å². The number of hydrogen-bond acceptors (Lipinski definition) is 8. The third-order valence-corrected chi connectivity index (χ3v) is 18.5. The summed E-state index contributed by atoms with van der Waals surface area (Å²) in [5.41, 5.74) is 5.41. The van der Waals surface area contributed by atoms with Gasteiger partial charge in [-0.3, -0.25) is 18.6 Å². The maximum absolute atomic E-state index is 12.8. The van der Waals surface area contributed by atoms with Crippen molar-refractivity contribution in [2.45, 2.75) is 412 Å². The number of hydrogen-bond donors (Lipinski definition) is 2. The molecule has 2 unspecified atom stereocenters. The van der Waals surface area contributed by atoms with Crippen LogP contribution >= 0.6 is 7.82 Å². The van der Waals surface area contributed by atoms with Crippen LogP contribution in [-0.4, -0.2) is 49.3 Å². The summed E-state index contributed by atoms with van der Waals surface area (Å²) in [6.07, 6.45) is 95.3. The first kappa shape index (κ1) is 86.0. The topological polar surface area (TPSA) is 134 Å². The monoisotopic (exact) mass is 1260 g/mol. The molecule has 0 bridgehead atoms. The van der Waals surface area contributed by atoms with Crippen molar-refractivity contribution in [1.82, 2.24) is 0 Å². The highest BCUT2D eigenvalue weighted by atomic mass is 31.2. The van der Waals surface area contributed by atoms with Gasteiger partial charge >= 0.3 is 19.8 Å². The molecule has 3 N–H and O–H groups in total. The Labute approximate surface area is 547 Å². The van der Waals surface area contributed by atoms with Crippen molar-refractivity contribution in [3.05, 3.63) is 48.6 Å². The summed E-state index contributed by atoms with van der Waals surface area (Å²) in [6, 6.07) is 0. The predicted molar refractivity (Wildman–Crippen MR) is 381 cm³/mol. The first-order chi connectivity index (χ1) is 43.3. The molecule has 0 radical (unpaired) electrons. The zero-order valence-corrected chi connectivity index (χ0v) is 59.4. The minimum Gasteiger partial charge on any atom is -0.462 e. The summed E-state index contributed by atoms with van der Waals surface area (Å²) < 4.78 is 33.3. The van der Waals surface area contributed by atoms with E-state index in [9.17, 15) is 19.0 Å². The number of carbonyl (C=O) groups is 2. The molecule has 0 aromatic rings. The highest BCUT2D eigenvalue weighted by Gasteiger charge is 2.26. The van der Waals surface area contributed by atoms with Gasteiger partial charge in [0.1, 0.15) is 6.61 Å². The molecule has 9 nitrogen and oxygen atoms in total. The van der Waals surface area contributed by atoms with Gasteiger partial charge in [0.2, 0.25) is 0 Å². The van der Waals surface area contributed by atoms with Gasteiger partial charge in [-0.25, -0.2) is 4.57 Å². The summed E-state index contributed by atoms with van der Waals surface area (Å²) in [4.78, 5) is 35.4. The number of esters is 2. The fourth-order valence-electron chi connectivity index (χ4n) is 11.8. The van der Waals surface area contributed by atoms with E-state index in [2.05, 4.69) is 62.5 Å². The van der Waals surface area contributed by atoms with Crippen molar-refractivity contribution < 1.29 is 37.6 Å². The van der Waals surface area contributed by atoms with Crippen LogP contribution in [0.25, 0.3) is 0 Å². The lowest BCUT2D eigenvalue weighted by atomic mass is 10.0. The summed E-state index contributed by atoms with van der Waals surface area (Å²) in [6.45, 7) is 3.72. The molecule has 0 fully saturated rings. The summed E-state index contributed by atoms with van der Waals surface area (Å²) >= 11 is 0. The second kappa shape index (κ2) is 74.0. The SMILES string of the molecule is CC/C=C\C/C=C\C/C=C\C/C=C\CCCCCCCCCCCCCCCCCCCCCCC(=O)OC(COC(=O)CCCCCCCCCCCCCCCCCCCCCCCCCCCCCCCCCCCC)COP(=O)(O)OCCN. The average Bonchev–Trinajstić information content (AvgIpc) is 3.53. The van der Waals surface area contributed by atoms with Gasteiger partial charge in [0.25, 0.3) is 0 Å². The maximum atomic E-state index is 12.8. The molecule has 0 aromatic heterocycles. The van der Waals surface area contributed by atoms with E-state index in [-0.39, 0.29) is 38.6 Å². The molecule has 10 heteroatoms. The van der Waals surface area contributed by atoms with E-state index < -0.39 is 26.5 Å². The Bertz CT molecular complexity index is 1580. The van der Waals surface area contributed by atoms with Gasteiger partial charge < -0.3 is 20.1 Å². The summed E-state index contributed by atoms with van der Waals surface area (Å²) in [5.74, 6) is -0.802. The molecule has 0 heterocycles. The van der Waals surface area contributed by atoms with Crippen molar-refractivity contribution in [2.75, 3.05) is 26.4 Å². The number of phosphoric ester groups is 1. The average molecular weight is 1260 g/mol. The van der Waals surface area contributed by atoms with Crippen LogP contribution in [0.5, 0.6) is 0 Å². The van der Waals surface area contributed by atoms with E-state index in [4.69, 9.17) is 24.3 Å². The summed E-state index contributed by atoms with van der Waals surface area (Å²) in [5, 5.41) is 0. The summed E-state index contributed by atoms with van der Waals surface area (Å²) in [7, 11) is -4.39. The number of nitrogens with two attached hydrogens (primary N) is 1. The van der Waals surface area contributed by atoms with E-state index in [1.807, 2.05) is 0 Å². The Morgan fingerprint density at radius 1 is 0.352 bits per heavy atom. The van der Waals surface area contributed by atoms with Gasteiger partial charge in [0.05, 0.1) is 13.2 Å². The van der Waals surface area contributed by atoms with Crippen molar-refractivity contribution in [2.24, 2.45) is 5.73 Å². The number of unbranched alkanes of at least 4 members (excludes halogenated alkanes) is 53. The standard InChI is InChI=1S/C78H148NO8P/c1-3-5-7-9-11-13-15-17-19-21-23-25-27-29-31-33-35-37-39-40-42-44-46-48-50-52-54-56-58-60-62-64-66-68-70-77(80)84-74-76(75-86-88(82,83)85-73-72-79)87-78(81)71-69-67-65-63-61-59-57-55-53-51-49-47-45-43-41-38-36-34-32-30-28-26-24-22-20-18-16-14-12-10-8-6-4-2/h6,8,12,14,18,20,24,26,76H,3-5,7,9-11,13,15-17,19,21-23,25,27-75,79H2,1-2H3,(H,82,83)/b8-6-,14-12-,20-18-,26-24-. The molecule has 0 aliphatic carbocycles. The highest BCUT2D eigenvalue weighted by molar-refractivity contribution is 7.47. The quantitative estimate of drug-likeness (QED) is 0.0264. The Morgan fingerprint density at radius 2 is 0.625 bits per heavy atom. The molecular formula is C78H148NO8P. The zero-order valence-electron chi connectivity index (χ0n) is 58.5. The minimum absolute atomic E-state index is 0.0560. The van der Waals surface area contributed by atoms with Gasteiger partial charge in [-0.2, -0.15) is 0 Å². The fraction of sp³-hybridized carbons (Fsp3) is 0.872. The maximum Gasteiger partial charge on any atom is 0.472 e. The molecule has 518 valence electrons. The predicted octanol–water partition coefficient (Wildman–Crippen LogP) is 25.6. The van der Waals surface area contributed by atoms with E-state index in [0.29, 0.717) is 6.42 Å². The molecule has 2 atom stereocenters.